The van der Waals surface area contributed by atoms with Gasteiger partial charge in [0.15, 0.2) is 5.82 Å². The van der Waals surface area contributed by atoms with Gasteiger partial charge in [-0.1, -0.05) is 0 Å². The van der Waals surface area contributed by atoms with Gasteiger partial charge in [0.25, 0.3) is 0 Å². The van der Waals surface area contributed by atoms with E-state index in [1.54, 1.807) is 13.3 Å². The third-order valence-corrected chi connectivity index (χ3v) is 2.48. The molecule has 0 bridgehead atoms. The number of hydrogen-bond acceptors (Lipinski definition) is 4. The summed E-state index contributed by atoms with van der Waals surface area (Å²) in [5, 5.41) is 2.82. The molecular weight excluding hydrogens is 206 g/mol. The highest BCUT2D eigenvalue weighted by Gasteiger charge is 2.22. The van der Waals surface area contributed by atoms with Crippen LogP contribution in [0, 0.1) is 6.92 Å². The number of anilines is 2. The van der Waals surface area contributed by atoms with Gasteiger partial charge in [0.2, 0.25) is 5.91 Å². The Bertz CT molecular complexity index is 406. The minimum Gasteiger partial charge on any atom is -0.383 e. The molecular formula is C11H15N3O2. The van der Waals surface area contributed by atoms with Crippen molar-refractivity contribution in [3.63, 3.8) is 0 Å². The van der Waals surface area contributed by atoms with Gasteiger partial charge in [-0.2, -0.15) is 0 Å². The number of carbonyl (C=O) groups is 1. The number of pyridine rings is 1. The minimum absolute atomic E-state index is 0.00370. The summed E-state index contributed by atoms with van der Waals surface area (Å²) in [7, 11) is 1.65. The zero-order valence-corrected chi connectivity index (χ0v) is 9.49. The van der Waals surface area contributed by atoms with Crippen LogP contribution in [-0.4, -0.2) is 37.7 Å². The van der Waals surface area contributed by atoms with Crippen LogP contribution in [0.5, 0.6) is 0 Å². The summed E-state index contributed by atoms with van der Waals surface area (Å²) in [6.45, 7) is 3.55. The van der Waals surface area contributed by atoms with Crippen molar-refractivity contribution < 1.29 is 9.53 Å². The number of nitrogens with one attached hydrogen (secondary N) is 1. The third kappa shape index (κ3) is 2.14. The van der Waals surface area contributed by atoms with E-state index in [9.17, 15) is 4.79 Å². The molecule has 0 aliphatic carbocycles. The summed E-state index contributed by atoms with van der Waals surface area (Å²) in [6.07, 6.45) is 1.80. The Labute approximate surface area is 94.4 Å². The van der Waals surface area contributed by atoms with E-state index in [4.69, 9.17) is 4.74 Å². The zero-order chi connectivity index (χ0) is 11.5. The van der Waals surface area contributed by atoms with Crippen molar-refractivity contribution in [2.45, 2.75) is 6.92 Å². The van der Waals surface area contributed by atoms with Gasteiger partial charge in [-0.3, -0.25) is 4.79 Å². The molecule has 0 unspecified atom stereocenters. The van der Waals surface area contributed by atoms with Crippen molar-refractivity contribution >= 4 is 17.4 Å². The Balaban J connectivity index is 2.27. The van der Waals surface area contributed by atoms with E-state index >= 15 is 0 Å². The summed E-state index contributed by atoms with van der Waals surface area (Å²) in [4.78, 5) is 17.8. The summed E-state index contributed by atoms with van der Waals surface area (Å²) in [6, 6.07) is 1.93. The second-order valence-corrected chi connectivity index (χ2v) is 3.85. The molecule has 0 saturated carbocycles. The highest BCUT2D eigenvalue weighted by molar-refractivity contribution is 6.00. The molecule has 0 fully saturated rings. The van der Waals surface area contributed by atoms with Crippen molar-refractivity contribution in [1.29, 1.82) is 0 Å². The lowest BCUT2D eigenvalue weighted by molar-refractivity contribution is -0.115. The first-order valence-electron chi connectivity index (χ1n) is 5.21. The van der Waals surface area contributed by atoms with Crippen LogP contribution in [0.15, 0.2) is 12.3 Å². The molecule has 86 valence electrons. The molecule has 1 N–H and O–H groups in total. The average Bonchev–Trinajstić information content (AvgIpc) is 2.25. The Hall–Kier alpha value is -1.62. The molecule has 0 aromatic carbocycles. The van der Waals surface area contributed by atoms with Gasteiger partial charge < -0.3 is 15.0 Å². The predicted octanol–water partition coefficient (Wildman–Crippen LogP) is 0.795. The molecule has 0 spiro atoms. The Kier molecular flexibility index (Phi) is 3.05. The van der Waals surface area contributed by atoms with Crippen LogP contribution < -0.4 is 10.2 Å². The molecule has 1 amide bonds. The lowest BCUT2D eigenvalue weighted by Crippen LogP contribution is -2.40. The van der Waals surface area contributed by atoms with Gasteiger partial charge in [-0.15, -0.1) is 0 Å². The maximum Gasteiger partial charge on any atom is 0.244 e. The first-order valence-corrected chi connectivity index (χ1v) is 5.21. The van der Waals surface area contributed by atoms with Crippen LogP contribution in [-0.2, 0) is 9.53 Å². The Morgan fingerprint density at radius 2 is 2.44 bits per heavy atom. The lowest BCUT2D eigenvalue weighted by Gasteiger charge is -2.29. The molecule has 1 aromatic rings. The van der Waals surface area contributed by atoms with E-state index < -0.39 is 0 Å². The maximum absolute atomic E-state index is 11.5. The Morgan fingerprint density at radius 1 is 1.62 bits per heavy atom. The summed E-state index contributed by atoms with van der Waals surface area (Å²) < 4.78 is 5.02. The normalized spacial score (nSPS) is 14.6. The maximum atomic E-state index is 11.5. The van der Waals surface area contributed by atoms with Gasteiger partial charge in [0.05, 0.1) is 18.8 Å². The van der Waals surface area contributed by atoms with E-state index in [1.807, 2.05) is 17.9 Å². The largest absolute Gasteiger partial charge is 0.383 e. The fourth-order valence-electron chi connectivity index (χ4n) is 1.73. The first-order chi connectivity index (χ1) is 7.70. The average molecular weight is 221 g/mol. The number of hydrogen-bond donors (Lipinski definition) is 1. The summed E-state index contributed by atoms with van der Waals surface area (Å²) in [5.41, 5.74) is 1.82. The monoisotopic (exact) mass is 221 g/mol. The van der Waals surface area contributed by atoms with Gasteiger partial charge in [-0.25, -0.2) is 4.98 Å². The molecule has 5 nitrogen and oxygen atoms in total. The van der Waals surface area contributed by atoms with E-state index in [-0.39, 0.29) is 5.91 Å². The molecule has 2 rings (SSSR count). The fourth-order valence-corrected chi connectivity index (χ4v) is 1.73. The van der Waals surface area contributed by atoms with Gasteiger partial charge in [-0.05, 0) is 18.6 Å². The second-order valence-electron chi connectivity index (χ2n) is 3.85. The number of nitrogens with zero attached hydrogens (tertiary/aromatic N) is 2. The van der Waals surface area contributed by atoms with Gasteiger partial charge in [0.1, 0.15) is 0 Å². The number of rotatable bonds is 3. The molecule has 0 atom stereocenters. The number of ether oxygens (including phenoxy) is 1. The van der Waals surface area contributed by atoms with Crippen molar-refractivity contribution in [2.75, 3.05) is 37.0 Å². The van der Waals surface area contributed by atoms with Crippen molar-refractivity contribution in [1.82, 2.24) is 4.98 Å². The molecule has 2 heterocycles. The highest BCUT2D eigenvalue weighted by Crippen LogP contribution is 2.27. The number of carbonyl (C=O) groups excluding carboxylic acids is 1. The van der Waals surface area contributed by atoms with E-state index in [0.29, 0.717) is 19.7 Å². The van der Waals surface area contributed by atoms with E-state index in [2.05, 4.69) is 10.3 Å². The lowest BCUT2D eigenvalue weighted by atomic mass is 10.2. The van der Waals surface area contributed by atoms with Crippen LogP contribution >= 0.6 is 0 Å². The summed E-state index contributed by atoms with van der Waals surface area (Å²) in [5.74, 6) is 0.818. The fraction of sp³-hybridized carbons (Fsp3) is 0.455. The first kappa shape index (κ1) is 10.9. The smallest absolute Gasteiger partial charge is 0.244 e. The molecule has 0 saturated heterocycles. The minimum atomic E-state index is -0.00370. The molecule has 16 heavy (non-hydrogen) atoms. The second kappa shape index (κ2) is 4.49. The molecule has 0 radical (unpaired) electrons. The van der Waals surface area contributed by atoms with Gasteiger partial charge >= 0.3 is 0 Å². The van der Waals surface area contributed by atoms with Gasteiger partial charge in [0, 0.05) is 19.9 Å². The van der Waals surface area contributed by atoms with E-state index in [0.717, 1.165) is 17.1 Å². The van der Waals surface area contributed by atoms with E-state index in [1.165, 1.54) is 0 Å². The van der Waals surface area contributed by atoms with Crippen molar-refractivity contribution in [3.8, 4) is 0 Å². The van der Waals surface area contributed by atoms with Crippen LogP contribution in [0.2, 0.25) is 0 Å². The molecule has 1 aromatic heterocycles. The number of amides is 1. The molecule has 1 aliphatic rings. The van der Waals surface area contributed by atoms with Crippen molar-refractivity contribution in [3.05, 3.63) is 17.8 Å². The molecule has 1 aliphatic heterocycles. The summed E-state index contributed by atoms with van der Waals surface area (Å²) >= 11 is 0. The molecule has 5 heteroatoms. The topological polar surface area (TPSA) is 54.5 Å². The number of aryl methyl sites for hydroxylation is 1. The number of aromatic nitrogens is 1. The highest BCUT2D eigenvalue weighted by atomic mass is 16.5. The predicted molar refractivity (Wildman–Crippen MR) is 61.7 cm³/mol. The quantitative estimate of drug-likeness (QED) is 0.820. The SMILES string of the molecule is COCCN1CC(=O)Nc2cc(C)cnc21. The zero-order valence-electron chi connectivity index (χ0n) is 9.49. The standard InChI is InChI=1S/C11H15N3O2/c1-8-5-9-11(12-6-8)14(3-4-16-2)7-10(15)13-9/h5-6H,3-4,7H2,1-2H3,(H,13,15). The Morgan fingerprint density at radius 3 is 3.19 bits per heavy atom. The van der Waals surface area contributed by atoms with Crippen LogP contribution in [0.4, 0.5) is 11.5 Å². The third-order valence-electron chi connectivity index (χ3n) is 2.48. The number of methoxy groups -OCH3 is 1. The number of fused-ring (bicyclic) bond motifs is 1. The van der Waals surface area contributed by atoms with Crippen molar-refractivity contribution in [2.24, 2.45) is 0 Å². The van der Waals surface area contributed by atoms with Crippen LogP contribution in [0.3, 0.4) is 0 Å². The van der Waals surface area contributed by atoms with Crippen LogP contribution in [0.1, 0.15) is 5.56 Å². The van der Waals surface area contributed by atoms with Crippen LogP contribution in [0.25, 0.3) is 0 Å².